The molecule has 0 heterocycles. The van der Waals surface area contributed by atoms with Crippen molar-refractivity contribution in [3.05, 3.63) is 23.3 Å². The Morgan fingerprint density at radius 1 is 1.17 bits per heavy atom. The summed E-state index contributed by atoms with van der Waals surface area (Å²) in [5.41, 5.74) is 3.16. The van der Waals surface area contributed by atoms with Crippen LogP contribution in [0.3, 0.4) is 0 Å². The fourth-order valence-corrected chi connectivity index (χ4v) is 1.31. The minimum atomic E-state index is 1.28. The molecule has 12 heavy (non-hydrogen) atoms. The molecule has 0 aromatic carbocycles. The van der Waals surface area contributed by atoms with E-state index in [0.717, 1.165) is 0 Å². The average Bonchev–Trinajstić information content (AvgIpc) is 2.13. The van der Waals surface area contributed by atoms with Crippen molar-refractivity contribution >= 4 is 0 Å². The molecular weight excluding hydrogens is 144 g/mol. The quantitative estimate of drug-likeness (QED) is 0.567. The lowest BCUT2D eigenvalue weighted by atomic mass is 9.97. The molecule has 0 radical (unpaired) electrons. The van der Waals surface area contributed by atoms with Crippen molar-refractivity contribution < 1.29 is 0 Å². The van der Waals surface area contributed by atoms with Crippen molar-refractivity contribution in [2.75, 3.05) is 0 Å². The Kier molecular flexibility index (Phi) is 6.84. The predicted molar refractivity (Wildman–Crippen MR) is 57.3 cm³/mol. The van der Waals surface area contributed by atoms with Crippen molar-refractivity contribution in [1.29, 1.82) is 0 Å². The van der Waals surface area contributed by atoms with Crippen LogP contribution in [0.1, 0.15) is 53.4 Å². The van der Waals surface area contributed by atoms with Gasteiger partial charge < -0.3 is 0 Å². The Morgan fingerprint density at radius 2 is 1.83 bits per heavy atom. The summed E-state index contributed by atoms with van der Waals surface area (Å²) in [4.78, 5) is 0. The molecule has 0 aliphatic heterocycles. The molecule has 0 spiro atoms. The van der Waals surface area contributed by atoms with Crippen molar-refractivity contribution in [3.63, 3.8) is 0 Å². The van der Waals surface area contributed by atoms with E-state index in [1.807, 2.05) is 13.8 Å². The molecule has 0 saturated heterocycles. The van der Waals surface area contributed by atoms with Gasteiger partial charge in [-0.1, -0.05) is 50.5 Å². The molecule has 70 valence electrons. The highest BCUT2D eigenvalue weighted by atomic mass is 14.1. The first-order valence-corrected chi connectivity index (χ1v) is 5.18. The molecule has 0 bridgehead atoms. The Morgan fingerprint density at radius 3 is 2.25 bits per heavy atom. The van der Waals surface area contributed by atoms with Crippen molar-refractivity contribution in [2.24, 2.45) is 0 Å². The highest BCUT2D eigenvalue weighted by Gasteiger charge is 2.00. The highest BCUT2D eigenvalue weighted by Crippen LogP contribution is 2.20. The van der Waals surface area contributed by atoms with E-state index in [0.29, 0.717) is 0 Å². The zero-order valence-corrected chi connectivity index (χ0v) is 8.98. The summed E-state index contributed by atoms with van der Waals surface area (Å²) in [5.74, 6) is 0. The second-order valence-corrected chi connectivity index (χ2v) is 3.09. The van der Waals surface area contributed by atoms with Gasteiger partial charge in [0.05, 0.1) is 0 Å². The zero-order chi connectivity index (χ0) is 9.40. The Balaban J connectivity index is 0.000000561. The third-order valence-electron chi connectivity index (χ3n) is 2.02. The van der Waals surface area contributed by atoms with Crippen molar-refractivity contribution in [3.8, 4) is 0 Å². The summed E-state index contributed by atoms with van der Waals surface area (Å²) in [5, 5.41) is 0. The first-order chi connectivity index (χ1) is 5.83. The standard InChI is InChI=1S/C10H16.C2H6/c1-3-4-10-7-5-9(2)6-8-10;1-2/h5,7H,3-4,6,8H2,1-2H3;1-2H3. The molecule has 0 fully saturated rings. The van der Waals surface area contributed by atoms with Gasteiger partial charge in [-0.05, 0) is 26.2 Å². The molecule has 1 aliphatic rings. The SMILES string of the molecule is CC.CCCC1=CC=C(C)CC1. The molecule has 0 nitrogen and oxygen atoms in total. The third kappa shape index (κ3) is 4.38. The van der Waals surface area contributed by atoms with Gasteiger partial charge in [-0.3, -0.25) is 0 Å². The monoisotopic (exact) mass is 166 g/mol. The first kappa shape index (κ1) is 11.5. The fourth-order valence-electron chi connectivity index (χ4n) is 1.31. The second kappa shape index (κ2) is 7.15. The van der Waals surface area contributed by atoms with E-state index in [9.17, 15) is 0 Å². The summed E-state index contributed by atoms with van der Waals surface area (Å²) in [6.45, 7) is 8.45. The molecule has 0 amide bonds. The van der Waals surface area contributed by atoms with E-state index in [-0.39, 0.29) is 0 Å². The molecule has 0 aromatic rings. The fraction of sp³-hybridized carbons (Fsp3) is 0.667. The summed E-state index contributed by atoms with van der Waals surface area (Å²) >= 11 is 0. The molecule has 0 unspecified atom stereocenters. The van der Waals surface area contributed by atoms with E-state index in [2.05, 4.69) is 26.0 Å². The average molecular weight is 166 g/mol. The largest absolute Gasteiger partial charge is 0.0730 e. The van der Waals surface area contributed by atoms with Gasteiger partial charge in [-0.25, -0.2) is 0 Å². The molecule has 0 aromatic heterocycles. The predicted octanol–water partition coefficient (Wildman–Crippen LogP) is 4.48. The number of hydrogen-bond donors (Lipinski definition) is 0. The molecule has 0 atom stereocenters. The van der Waals surface area contributed by atoms with Crippen LogP contribution in [0, 0.1) is 0 Å². The van der Waals surface area contributed by atoms with Crippen LogP contribution in [0.5, 0.6) is 0 Å². The van der Waals surface area contributed by atoms with Crippen molar-refractivity contribution in [1.82, 2.24) is 0 Å². The first-order valence-electron chi connectivity index (χ1n) is 5.18. The Labute approximate surface area is 77.4 Å². The molecule has 1 aliphatic carbocycles. The van der Waals surface area contributed by atoms with Crippen LogP contribution < -0.4 is 0 Å². The van der Waals surface area contributed by atoms with Gasteiger partial charge in [-0.15, -0.1) is 0 Å². The summed E-state index contributed by atoms with van der Waals surface area (Å²) in [7, 11) is 0. The minimum absolute atomic E-state index is 1.28. The Bertz CT molecular complexity index is 157. The molecule has 0 saturated carbocycles. The van der Waals surface area contributed by atoms with Gasteiger partial charge in [0.25, 0.3) is 0 Å². The van der Waals surface area contributed by atoms with Gasteiger partial charge in [-0.2, -0.15) is 0 Å². The van der Waals surface area contributed by atoms with Gasteiger partial charge in [0.2, 0.25) is 0 Å². The van der Waals surface area contributed by atoms with Crippen LogP contribution in [0.2, 0.25) is 0 Å². The maximum atomic E-state index is 2.29. The summed E-state index contributed by atoms with van der Waals surface area (Å²) in [6.07, 6.45) is 9.72. The van der Waals surface area contributed by atoms with Gasteiger partial charge in [0.1, 0.15) is 0 Å². The molecule has 1 rings (SSSR count). The van der Waals surface area contributed by atoms with Crippen LogP contribution in [0.25, 0.3) is 0 Å². The molecular formula is C12H22. The maximum absolute atomic E-state index is 2.29. The number of rotatable bonds is 2. The van der Waals surface area contributed by atoms with Gasteiger partial charge >= 0.3 is 0 Å². The lowest BCUT2D eigenvalue weighted by molar-refractivity contribution is 0.802. The van der Waals surface area contributed by atoms with Gasteiger partial charge in [0, 0.05) is 0 Å². The van der Waals surface area contributed by atoms with E-state index in [4.69, 9.17) is 0 Å². The van der Waals surface area contributed by atoms with E-state index < -0.39 is 0 Å². The third-order valence-corrected chi connectivity index (χ3v) is 2.02. The van der Waals surface area contributed by atoms with Crippen LogP contribution in [0.15, 0.2) is 23.3 Å². The van der Waals surface area contributed by atoms with E-state index in [1.165, 1.54) is 31.3 Å². The lowest BCUT2D eigenvalue weighted by Gasteiger charge is -2.10. The zero-order valence-electron chi connectivity index (χ0n) is 8.98. The number of hydrogen-bond acceptors (Lipinski definition) is 0. The van der Waals surface area contributed by atoms with E-state index >= 15 is 0 Å². The topological polar surface area (TPSA) is 0 Å². The Hall–Kier alpha value is -0.520. The van der Waals surface area contributed by atoms with E-state index in [1.54, 1.807) is 5.57 Å². The number of allylic oxidation sites excluding steroid dienone is 4. The van der Waals surface area contributed by atoms with Crippen molar-refractivity contribution in [2.45, 2.75) is 53.4 Å². The van der Waals surface area contributed by atoms with Crippen LogP contribution >= 0.6 is 0 Å². The minimum Gasteiger partial charge on any atom is -0.0730 e. The second-order valence-electron chi connectivity index (χ2n) is 3.09. The normalized spacial score (nSPS) is 15.7. The van der Waals surface area contributed by atoms with Gasteiger partial charge in [0.15, 0.2) is 0 Å². The summed E-state index contributed by atoms with van der Waals surface area (Å²) in [6, 6.07) is 0. The van der Waals surface area contributed by atoms with Crippen LogP contribution in [-0.2, 0) is 0 Å². The molecule has 0 N–H and O–H groups in total. The van der Waals surface area contributed by atoms with Crippen LogP contribution in [-0.4, -0.2) is 0 Å². The lowest BCUT2D eigenvalue weighted by Crippen LogP contribution is -1.90. The summed E-state index contributed by atoms with van der Waals surface area (Å²) < 4.78 is 0. The van der Waals surface area contributed by atoms with Crippen LogP contribution in [0.4, 0.5) is 0 Å². The molecule has 0 heteroatoms. The highest BCUT2D eigenvalue weighted by molar-refractivity contribution is 5.22. The smallest absolute Gasteiger partial charge is 0.0280 e. The maximum Gasteiger partial charge on any atom is -0.0280 e.